The Morgan fingerprint density at radius 2 is 1.57 bits per heavy atom. The van der Waals surface area contributed by atoms with Crippen LogP contribution in [0, 0.1) is 0 Å². The van der Waals surface area contributed by atoms with Gasteiger partial charge in [0.05, 0.1) is 6.54 Å². The van der Waals surface area contributed by atoms with Crippen molar-refractivity contribution in [2.75, 3.05) is 24.2 Å². The van der Waals surface area contributed by atoms with Crippen LogP contribution in [-0.4, -0.2) is 30.3 Å². The van der Waals surface area contributed by atoms with Gasteiger partial charge in [-0.3, -0.25) is 9.59 Å². The third-order valence-electron chi connectivity index (χ3n) is 4.32. The Kier molecular flexibility index (Phi) is 7.33. The average molecular weight is 442 g/mol. The highest BCUT2D eigenvalue weighted by molar-refractivity contribution is 6.35. The van der Waals surface area contributed by atoms with Gasteiger partial charge in [0.1, 0.15) is 0 Å². The Hall–Kier alpha value is -3.02. The Morgan fingerprint density at radius 3 is 2.27 bits per heavy atom. The molecular formula is C23H21Cl2N3O2. The van der Waals surface area contributed by atoms with E-state index in [1.807, 2.05) is 30.3 Å². The first-order chi connectivity index (χ1) is 14.4. The maximum Gasteiger partial charge on any atom is 0.253 e. The van der Waals surface area contributed by atoms with Crippen molar-refractivity contribution >= 4 is 46.4 Å². The van der Waals surface area contributed by atoms with Gasteiger partial charge in [-0.2, -0.15) is 0 Å². The maximum absolute atomic E-state index is 12.7. The SMILES string of the molecule is CN(Cc1ccccc1)C(=O)c1cccc(NC(=O)CNc2cc(Cl)cc(Cl)c2)c1. The number of nitrogens with one attached hydrogen (secondary N) is 2. The molecule has 0 aliphatic heterocycles. The van der Waals surface area contributed by atoms with Gasteiger partial charge in [-0.25, -0.2) is 0 Å². The predicted octanol–water partition coefficient (Wildman–Crippen LogP) is 5.32. The monoisotopic (exact) mass is 441 g/mol. The predicted molar refractivity (Wildman–Crippen MR) is 122 cm³/mol. The molecule has 0 aliphatic rings. The summed E-state index contributed by atoms with van der Waals surface area (Å²) in [4.78, 5) is 26.7. The second-order valence-electron chi connectivity index (χ2n) is 6.79. The van der Waals surface area contributed by atoms with Crippen molar-refractivity contribution in [3.8, 4) is 0 Å². The van der Waals surface area contributed by atoms with Crippen LogP contribution in [0.4, 0.5) is 11.4 Å². The fraction of sp³-hybridized carbons (Fsp3) is 0.130. The zero-order valence-electron chi connectivity index (χ0n) is 16.4. The van der Waals surface area contributed by atoms with Gasteiger partial charge in [-0.15, -0.1) is 0 Å². The second-order valence-corrected chi connectivity index (χ2v) is 7.66. The molecule has 0 radical (unpaired) electrons. The zero-order valence-corrected chi connectivity index (χ0v) is 17.9. The standard InChI is InChI=1S/C23H21Cl2N3O2/c1-28(15-16-6-3-2-4-7-16)23(30)17-8-5-9-20(10-17)27-22(29)14-26-21-12-18(24)11-19(25)13-21/h2-13,26H,14-15H2,1H3,(H,27,29). The average Bonchev–Trinajstić information content (AvgIpc) is 2.72. The lowest BCUT2D eigenvalue weighted by molar-refractivity contribution is -0.114. The van der Waals surface area contributed by atoms with Crippen molar-refractivity contribution in [1.29, 1.82) is 0 Å². The summed E-state index contributed by atoms with van der Waals surface area (Å²) in [5.41, 5.74) is 2.74. The third kappa shape index (κ3) is 6.24. The normalized spacial score (nSPS) is 10.4. The van der Waals surface area contributed by atoms with Crippen molar-refractivity contribution in [1.82, 2.24) is 4.90 Å². The van der Waals surface area contributed by atoms with Crippen LogP contribution >= 0.6 is 23.2 Å². The molecule has 3 aromatic carbocycles. The van der Waals surface area contributed by atoms with E-state index in [1.54, 1.807) is 54.4 Å². The molecule has 5 nitrogen and oxygen atoms in total. The van der Waals surface area contributed by atoms with E-state index in [0.717, 1.165) is 5.56 Å². The smallest absolute Gasteiger partial charge is 0.253 e. The molecular weight excluding hydrogens is 421 g/mol. The number of hydrogen-bond acceptors (Lipinski definition) is 3. The van der Waals surface area contributed by atoms with Gasteiger partial charge in [0.2, 0.25) is 5.91 Å². The van der Waals surface area contributed by atoms with E-state index in [9.17, 15) is 9.59 Å². The topological polar surface area (TPSA) is 61.4 Å². The molecule has 0 heterocycles. The molecule has 2 N–H and O–H groups in total. The summed E-state index contributed by atoms with van der Waals surface area (Å²) in [5, 5.41) is 6.73. The fourth-order valence-corrected chi connectivity index (χ4v) is 3.45. The van der Waals surface area contributed by atoms with Gasteiger partial charge in [-0.05, 0) is 42.0 Å². The minimum absolute atomic E-state index is 0.0305. The number of carbonyl (C=O) groups excluding carboxylic acids is 2. The number of amides is 2. The first kappa shape index (κ1) is 21.7. The van der Waals surface area contributed by atoms with E-state index in [4.69, 9.17) is 23.2 Å². The van der Waals surface area contributed by atoms with E-state index in [1.165, 1.54) is 0 Å². The zero-order chi connectivity index (χ0) is 21.5. The minimum Gasteiger partial charge on any atom is -0.376 e. The minimum atomic E-state index is -0.256. The van der Waals surface area contributed by atoms with Crippen LogP contribution in [0.1, 0.15) is 15.9 Å². The summed E-state index contributed by atoms with van der Waals surface area (Å²) in [6.45, 7) is 0.533. The molecule has 0 unspecified atom stereocenters. The van der Waals surface area contributed by atoms with Crippen LogP contribution in [0.15, 0.2) is 72.8 Å². The number of anilines is 2. The number of nitrogens with zero attached hydrogens (tertiary/aromatic N) is 1. The molecule has 3 rings (SSSR count). The molecule has 0 aliphatic carbocycles. The summed E-state index contributed by atoms with van der Waals surface area (Å²) in [6.07, 6.45) is 0. The lowest BCUT2D eigenvalue weighted by atomic mass is 10.1. The molecule has 0 atom stereocenters. The van der Waals surface area contributed by atoms with Gasteiger partial charge in [0.15, 0.2) is 0 Å². The molecule has 0 aromatic heterocycles. The quantitative estimate of drug-likeness (QED) is 0.521. The van der Waals surface area contributed by atoms with Gasteiger partial charge < -0.3 is 15.5 Å². The van der Waals surface area contributed by atoms with Gasteiger partial charge in [0, 0.05) is 40.6 Å². The fourth-order valence-electron chi connectivity index (χ4n) is 2.92. The van der Waals surface area contributed by atoms with Crippen LogP contribution in [0.5, 0.6) is 0 Å². The highest BCUT2D eigenvalue weighted by Crippen LogP contribution is 2.22. The molecule has 0 bridgehead atoms. The van der Waals surface area contributed by atoms with Crippen molar-refractivity contribution < 1.29 is 9.59 Å². The van der Waals surface area contributed by atoms with Crippen LogP contribution in [0.25, 0.3) is 0 Å². The molecule has 30 heavy (non-hydrogen) atoms. The first-order valence-corrected chi connectivity index (χ1v) is 10.1. The Labute approximate surface area is 185 Å². The third-order valence-corrected chi connectivity index (χ3v) is 4.75. The van der Waals surface area contributed by atoms with Gasteiger partial charge in [0.25, 0.3) is 5.91 Å². The van der Waals surface area contributed by atoms with Crippen molar-refractivity contribution in [2.24, 2.45) is 0 Å². The highest BCUT2D eigenvalue weighted by Gasteiger charge is 2.13. The molecule has 0 saturated heterocycles. The second kappa shape index (κ2) is 10.1. The summed E-state index contributed by atoms with van der Waals surface area (Å²) >= 11 is 11.9. The highest BCUT2D eigenvalue weighted by atomic mass is 35.5. The summed E-state index contributed by atoms with van der Waals surface area (Å²) in [6, 6.07) is 21.6. The maximum atomic E-state index is 12.7. The van der Waals surface area contributed by atoms with Crippen molar-refractivity contribution in [3.05, 3.63) is 94.0 Å². The molecule has 0 saturated carbocycles. The Bertz CT molecular complexity index is 1020. The number of halogens is 2. The Morgan fingerprint density at radius 1 is 0.867 bits per heavy atom. The van der Waals surface area contributed by atoms with E-state index < -0.39 is 0 Å². The van der Waals surface area contributed by atoms with E-state index in [-0.39, 0.29) is 18.4 Å². The van der Waals surface area contributed by atoms with Crippen LogP contribution in [-0.2, 0) is 11.3 Å². The largest absolute Gasteiger partial charge is 0.376 e. The number of benzene rings is 3. The summed E-state index contributed by atoms with van der Waals surface area (Å²) < 4.78 is 0. The van der Waals surface area contributed by atoms with Crippen molar-refractivity contribution in [3.63, 3.8) is 0 Å². The van der Waals surface area contributed by atoms with Gasteiger partial charge >= 0.3 is 0 Å². The van der Waals surface area contributed by atoms with Crippen LogP contribution < -0.4 is 10.6 Å². The van der Waals surface area contributed by atoms with Crippen molar-refractivity contribution in [2.45, 2.75) is 6.54 Å². The molecule has 154 valence electrons. The van der Waals surface area contributed by atoms with Crippen LogP contribution in [0.2, 0.25) is 10.0 Å². The molecule has 0 spiro atoms. The lowest BCUT2D eigenvalue weighted by Crippen LogP contribution is -2.26. The van der Waals surface area contributed by atoms with Crippen LogP contribution in [0.3, 0.4) is 0 Å². The number of rotatable bonds is 7. The molecule has 2 amide bonds. The number of carbonyl (C=O) groups is 2. The Balaban J connectivity index is 1.59. The lowest BCUT2D eigenvalue weighted by Gasteiger charge is -2.18. The van der Waals surface area contributed by atoms with E-state index in [2.05, 4.69) is 10.6 Å². The first-order valence-electron chi connectivity index (χ1n) is 9.30. The summed E-state index contributed by atoms with van der Waals surface area (Å²) in [7, 11) is 1.75. The van der Waals surface area contributed by atoms with Gasteiger partial charge in [-0.1, -0.05) is 59.6 Å². The molecule has 3 aromatic rings. The molecule has 0 fully saturated rings. The summed E-state index contributed by atoms with van der Waals surface area (Å²) in [5.74, 6) is -0.380. The van der Waals surface area contributed by atoms with E-state index >= 15 is 0 Å². The number of hydrogen-bond donors (Lipinski definition) is 2. The van der Waals surface area contributed by atoms with E-state index in [0.29, 0.717) is 33.5 Å². The molecule has 7 heteroatoms.